The topological polar surface area (TPSA) is 17.1 Å². The molecule has 0 heterocycles. The van der Waals surface area contributed by atoms with Gasteiger partial charge in [0.1, 0.15) is 5.78 Å². The Bertz CT molecular complexity index is 564. The number of rotatable bonds is 5. The van der Waals surface area contributed by atoms with E-state index in [4.69, 9.17) is 23.2 Å². The summed E-state index contributed by atoms with van der Waals surface area (Å²) in [4.78, 5) is 11.9. The van der Waals surface area contributed by atoms with Gasteiger partial charge in [0.2, 0.25) is 0 Å². The lowest BCUT2D eigenvalue weighted by Gasteiger charge is -2.03. The van der Waals surface area contributed by atoms with Gasteiger partial charge in [0.25, 0.3) is 0 Å². The third-order valence-electron chi connectivity index (χ3n) is 2.92. The number of Topliss-reactive ketones (excluding diaryl/α,β-unsaturated/α-hetero) is 1. The summed E-state index contributed by atoms with van der Waals surface area (Å²) in [6.45, 7) is 0. The Hall–Kier alpha value is -1.31. The minimum absolute atomic E-state index is 0.210. The van der Waals surface area contributed by atoms with Crippen LogP contribution in [-0.2, 0) is 17.6 Å². The molecule has 0 aliphatic heterocycles. The van der Waals surface area contributed by atoms with Gasteiger partial charge in [0.05, 0.1) is 10.0 Å². The van der Waals surface area contributed by atoms with E-state index >= 15 is 0 Å². The molecule has 3 heteroatoms. The molecule has 0 radical (unpaired) electrons. The molecule has 0 aliphatic rings. The van der Waals surface area contributed by atoms with E-state index in [0.29, 0.717) is 22.9 Å². The van der Waals surface area contributed by atoms with Crippen molar-refractivity contribution in [3.05, 3.63) is 69.7 Å². The quantitative estimate of drug-likeness (QED) is 0.778. The van der Waals surface area contributed by atoms with E-state index in [9.17, 15) is 4.79 Å². The van der Waals surface area contributed by atoms with E-state index in [1.54, 1.807) is 12.1 Å². The molecule has 0 atom stereocenters. The van der Waals surface area contributed by atoms with Crippen molar-refractivity contribution in [2.75, 3.05) is 0 Å². The molecule has 0 unspecified atom stereocenters. The summed E-state index contributed by atoms with van der Waals surface area (Å²) < 4.78 is 0. The highest BCUT2D eigenvalue weighted by Crippen LogP contribution is 2.23. The van der Waals surface area contributed by atoms with Crippen molar-refractivity contribution in [1.82, 2.24) is 0 Å². The normalized spacial score (nSPS) is 10.4. The van der Waals surface area contributed by atoms with Crippen molar-refractivity contribution in [2.24, 2.45) is 0 Å². The third-order valence-corrected chi connectivity index (χ3v) is 3.66. The molecule has 0 bridgehead atoms. The molecule has 0 fully saturated rings. The van der Waals surface area contributed by atoms with Gasteiger partial charge in [-0.2, -0.15) is 0 Å². The summed E-state index contributed by atoms with van der Waals surface area (Å²) in [6, 6.07) is 15.3. The van der Waals surface area contributed by atoms with Crippen molar-refractivity contribution in [1.29, 1.82) is 0 Å². The summed E-state index contributed by atoms with van der Waals surface area (Å²) in [5, 5.41) is 1.01. The number of aryl methyl sites for hydroxylation is 1. The lowest BCUT2D eigenvalue weighted by molar-refractivity contribution is -0.118. The lowest BCUT2D eigenvalue weighted by atomic mass is 10.0. The largest absolute Gasteiger partial charge is 0.299 e. The Kier molecular flexibility index (Phi) is 5.00. The van der Waals surface area contributed by atoms with Crippen molar-refractivity contribution in [3.8, 4) is 0 Å². The summed E-state index contributed by atoms with van der Waals surface area (Å²) in [7, 11) is 0. The second kappa shape index (κ2) is 6.74. The molecule has 2 rings (SSSR count). The summed E-state index contributed by atoms with van der Waals surface area (Å²) >= 11 is 11.8. The molecule has 0 saturated carbocycles. The third kappa shape index (κ3) is 4.38. The monoisotopic (exact) mass is 292 g/mol. The molecule has 0 amide bonds. The van der Waals surface area contributed by atoms with Crippen LogP contribution in [0.4, 0.5) is 0 Å². The van der Waals surface area contributed by atoms with Gasteiger partial charge < -0.3 is 0 Å². The van der Waals surface area contributed by atoms with Crippen LogP contribution >= 0.6 is 23.2 Å². The zero-order valence-corrected chi connectivity index (χ0v) is 11.9. The molecule has 0 aromatic heterocycles. The minimum Gasteiger partial charge on any atom is -0.299 e. The number of hydrogen-bond donors (Lipinski definition) is 0. The van der Waals surface area contributed by atoms with E-state index in [-0.39, 0.29) is 5.78 Å². The Labute approximate surface area is 123 Å². The number of carbonyl (C=O) groups is 1. The number of benzene rings is 2. The van der Waals surface area contributed by atoms with Crippen LogP contribution in [0.25, 0.3) is 0 Å². The lowest BCUT2D eigenvalue weighted by Crippen LogP contribution is -2.04. The fraction of sp³-hybridized carbons (Fsp3) is 0.188. The predicted molar refractivity (Wildman–Crippen MR) is 79.9 cm³/mol. The van der Waals surface area contributed by atoms with E-state index in [2.05, 4.69) is 0 Å². The first-order valence-corrected chi connectivity index (χ1v) is 6.90. The molecule has 0 aliphatic carbocycles. The van der Waals surface area contributed by atoms with Crippen LogP contribution in [0, 0.1) is 0 Å². The first-order valence-electron chi connectivity index (χ1n) is 6.15. The highest BCUT2D eigenvalue weighted by molar-refractivity contribution is 6.42. The molecule has 1 nitrogen and oxygen atoms in total. The maximum Gasteiger partial charge on any atom is 0.137 e. The van der Waals surface area contributed by atoms with E-state index in [0.717, 1.165) is 12.0 Å². The molecular weight excluding hydrogens is 279 g/mol. The Balaban J connectivity index is 1.89. The number of halogens is 2. The van der Waals surface area contributed by atoms with Gasteiger partial charge in [-0.1, -0.05) is 59.6 Å². The predicted octanol–water partition coefficient (Wildman–Crippen LogP) is 4.74. The minimum atomic E-state index is 0.210. The van der Waals surface area contributed by atoms with Gasteiger partial charge in [0, 0.05) is 12.8 Å². The van der Waals surface area contributed by atoms with E-state index in [1.165, 1.54) is 5.56 Å². The van der Waals surface area contributed by atoms with Gasteiger partial charge in [-0.25, -0.2) is 0 Å². The smallest absolute Gasteiger partial charge is 0.137 e. The second-order valence-corrected chi connectivity index (χ2v) is 5.26. The van der Waals surface area contributed by atoms with E-state index in [1.807, 2.05) is 36.4 Å². The van der Waals surface area contributed by atoms with Crippen LogP contribution in [0.1, 0.15) is 17.5 Å². The Morgan fingerprint density at radius 2 is 1.63 bits per heavy atom. The van der Waals surface area contributed by atoms with Crippen LogP contribution in [-0.4, -0.2) is 5.78 Å². The highest BCUT2D eigenvalue weighted by atomic mass is 35.5. The number of hydrogen-bond acceptors (Lipinski definition) is 1. The van der Waals surface area contributed by atoms with Gasteiger partial charge in [0.15, 0.2) is 0 Å². The molecule has 98 valence electrons. The zero-order chi connectivity index (χ0) is 13.7. The molecule has 2 aromatic carbocycles. The SMILES string of the molecule is O=C(CCc1ccccc1)Cc1ccc(Cl)c(Cl)c1. The van der Waals surface area contributed by atoms with Crippen molar-refractivity contribution in [3.63, 3.8) is 0 Å². The van der Waals surface area contributed by atoms with Crippen LogP contribution in [0.2, 0.25) is 10.0 Å². The van der Waals surface area contributed by atoms with Crippen LogP contribution in [0.5, 0.6) is 0 Å². The maximum atomic E-state index is 11.9. The maximum absolute atomic E-state index is 11.9. The molecule has 19 heavy (non-hydrogen) atoms. The Morgan fingerprint density at radius 1 is 0.895 bits per heavy atom. The standard InChI is InChI=1S/C16H14Cl2O/c17-15-9-7-13(11-16(15)18)10-14(19)8-6-12-4-2-1-3-5-12/h1-5,7,9,11H,6,8,10H2. The van der Waals surface area contributed by atoms with Crippen LogP contribution < -0.4 is 0 Å². The average Bonchev–Trinajstić information content (AvgIpc) is 2.42. The van der Waals surface area contributed by atoms with Crippen molar-refractivity contribution < 1.29 is 4.79 Å². The first kappa shape index (κ1) is 14.1. The van der Waals surface area contributed by atoms with Gasteiger partial charge in [-0.05, 0) is 29.7 Å². The van der Waals surface area contributed by atoms with Gasteiger partial charge in [-0.3, -0.25) is 4.79 Å². The second-order valence-electron chi connectivity index (χ2n) is 4.45. The summed E-state index contributed by atoms with van der Waals surface area (Å²) in [5.41, 5.74) is 2.09. The Morgan fingerprint density at radius 3 is 2.32 bits per heavy atom. The van der Waals surface area contributed by atoms with Crippen molar-refractivity contribution in [2.45, 2.75) is 19.3 Å². The molecule has 0 N–H and O–H groups in total. The molecule has 0 spiro atoms. The van der Waals surface area contributed by atoms with Gasteiger partial charge in [-0.15, -0.1) is 0 Å². The molecule has 2 aromatic rings. The fourth-order valence-corrected chi connectivity index (χ4v) is 2.21. The number of carbonyl (C=O) groups excluding carboxylic acids is 1. The molecular formula is C16H14Cl2O. The van der Waals surface area contributed by atoms with E-state index < -0.39 is 0 Å². The van der Waals surface area contributed by atoms with Crippen molar-refractivity contribution >= 4 is 29.0 Å². The van der Waals surface area contributed by atoms with Crippen LogP contribution in [0.3, 0.4) is 0 Å². The van der Waals surface area contributed by atoms with Crippen LogP contribution in [0.15, 0.2) is 48.5 Å². The molecule has 0 saturated heterocycles. The fourth-order valence-electron chi connectivity index (χ4n) is 1.89. The zero-order valence-electron chi connectivity index (χ0n) is 10.4. The summed E-state index contributed by atoms with van der Waals surface area (Å²) in [6.07, 6.45) is 1.73. The number of ketones is 1. The summed E-state index contributed by atoms with van der Waals surface area (Å²) in [5.74, 6) is 0.210. The average molecular weight is 293 g/mol. The van der Waals surface area contributed by atoms with Gasteiger partial charge >= 0.3 is 0 Å². The highest BCUT2D eigenvalue weighted by Gasteiger charge is 2.06. The first-order chi connectivity index (χ1) is 9.15.